The molecular formula is C20H24N4O3. The Morgan fingerprint density at radius 1 is 1.26 bits per heavy atom. The molecule has 0 spiro atoms. The van der Waals surface area contributed by atoms with Gasteiger partial charge in [-0.3, -0.25) is 14.9 Å². The summed E-state index contributed by atoms with van der Waals surface area (Å²) in [4.78, 5) is 38.3. The van der Waals surface area contributed by atoms with E-state index in [1.807, 2.05) is 23.2 Å². The van der Waals surface area contributed by atoms with Gasteiger partial charge in [0.25, 0.3) is 5.91 Å². The molecule has 0 bridgehead atoms. The molecule has 0 saturated carbocycles. The summed E-state index contributed by atoms with van der Waals surface area (Å²) in [6.07, 6.45) is 4.08. The van der Waals surface area contributed by atoms with Gasteiger partial charge in [-0.25, -0.2) is 4.79 Å². The van der Waals surface area contributed by atoms with Gasteiger partial charge in [-0.2, -0.15) is 0 Å². The second-order valence-electron chi connectivity index (χ2n) is 7.61. The topological polar surface area (TPSA) is 83.4 Å². The quantitative estimate of drug-likeness (QED) is 0.808. The van der Waals surface area contributed by atoms with Crippen molar-refractivity contribution in [3.8, 4) is 0 Å². The van der Waals surface area contributed by atoms with Gasteiger partial charge < -0.3 is 14.8 Å². The van der Waals surface area contributed by atoms with Crippen LogP contribution in [0.5, 0.6) is 0 Å². The highest BCUT2D eigenvalue weighted by Crippen LogP contribution is 2.30. The smallest absolute Gasteiger partial charge is 0.322 e. The molecule has 1 aromatic heterocycles. The number of urea groups is 1. The molecule has 4 rings (SSSR count). The van der Waals surface area contributed by atoms with Crippen molar-refractivity contribution in [3.63, 3.8) is 0 Å². The Morgan fingerprint density at radius 2 is 2.07 bits per heavy atom. The number of amides is 4. The van der Waals surface area contributed by atoms with Crippen molar-refractivity contribution in [1.82, 2.24) is 20.1 Å². The normalized spacial score (nSPS) is 25.5. The maximum Gasteiger partial charge on any atom is 0.322 e. The van der Waals surface area contributed by atoms with Crippen LogP contribution in [0.15, 0.2) is 36.5 Å². The SMILES string of the molecule is C[C@]1([C@@H]2CCCN(C(=O)CCn3ccc4ccccc43)C2)NC(=O)NC1=O. The van der Waals surface area contributed by atoms with Gasteiger partial charge in [-0.15, -0.1) is 0 Å². The van der Waals surface area contributed by atoms with Crippen LogP contribution in [0.3, 0.4) is 0 Å². The lowest BCUT2D eigenvalue weighted by Crippen LogP contribution is -2.56. The lowest BCUT2D eigenvalue weighted by Gasteiger charge is -2.39. The molecule has 142 valence electrons. The number of benzene rings is 1. The van der Waals surface area contributed by atoms with Gasteiger partial charge in [0.05, 0.1) is 0 Å². The van der Waals surface area contributed by atoms with Crippen molar-refractivity contribution >= 4 is 28.7 Å². The molecule has 2 aliphatic rings. The fraction of sp³-hybridized carbons (Fsp3) is 0.450. The van der Waals surface area contributed by atoms with E-state index in [0.717, 1.165) is 18.4 Å². The van der Waals surface area contributed by atoms with Crippen molar-refractivity contribution < 1.29 is 14.4 Å². The van der Waals surface area contributed by atoms with E-state index in [4.69, 9.17) is 0 Å². The van der Waals surface area contributed by atoms with Gasteiger partial charge in [-0.05, 0) is 37.3 Å². The maximum atomic E-state index is 12.8. The zero-order valence-electron chi connectivity index (χ0n) is 15.4. The van der Waals surface area contributed by atoms with Crippen LogP contribution in [0, 0.1) is 5.92 Å². The van der Waals surface area contributed by atoms with Crippen molar-refractivity contribution in [3.05, 3.63) is 36.5 Å². The van der Waals surface area contributed by atoms with E-state index in [0.29, 0.717) is 26.1 Å². The third-order valence-corrected chi connectivity index (χ3v) is 5.91. The van der Waals surface area contributed by atoms with Crippen molar-refractivity contribution in [2.24, 2.45) is 5.92 Å². The molecule has 3 heterocycles. The third-order valence-electron chi connectivity index (χ3n) is 5.91. The summed E-state index contributed by atoms with van der Waals surface area (Å²) in [5.74, 6) is -0.287. The molecule has 2 aromatic rings. The van der Waals surface area contributed by atoms with Crippen LogP contribution in [-0.4, -0.2) is 45.9 Å². The Hall–Kier alpha value is -2.83. The Balaban J connectivity index is 1.40. The van der Waals surface area contributed by atoms with E-state index in [-0.39, 0.29) is 17.7 Å². The number of hydrogen-bond acceptors (Lipinski definition) is 3. The summed E-state index contributed by atoms with van der Waals surface area (Å²) in [5.41, 5.74) is 0.187. The lowest BCUT2D eigenvalue weighted by molar-refractivity contribution is -0.136. The van der Waals surface area contributed by atoms with Gasteiger partial charge in [-0.1, -0.05) is 18.2 Å². The molecule has 0 radical (unpaired) electrons. The summed E-state index contributed by atoms with van der Waals surface area (Å²) >= 11 is 0. The predicted molar refractivity (Wildman–Crippen MR) is 101 cm³/mol. The van der Waals surface area contributed by atoms with E-state index in [1.165, 1.54) is 5.39 Å². The van der Waals surface area contributed by atoms with Gasteiger partial charge >= 0.3 is 6.03 Å². The van der Waals surface area contributed by atoms with Gasteiger partial charge in [0, 0.05) is 43.7 Å². The molecule has 27 heavy (non-hydrogen) atoms. The molecule has 2 N–H and O–H groups in total. The molecule has 2 saturated heterocycles. The van der Waals surface area contributed by atoms with E-state index in [9.17, 15) is 14.4 Å². The molecule has 4 amide bonds. The van der Waals surface area contributed by atoms with E-state index >= 15 is 0 Å². The highest BCUT2D eigenvalue weighted by molar-refractivity contribution is 6.07. The monoisotopic (exact) mass is 368 g/mol. The number of nitrogens with one attached hydrogen (secondary N) is 2. The third kappa shape index (κ3) is 3.18. The Kier molecular flexibility index (Phi) is 4.37. The van der Waals surface area contributed by atoms with Gasteiger partial charge in [0.1, 0.15) is 5.54 Å². The second-order valence-corrected chi connectivity index (χ2v) is 7.61. The standard InChI is InChI=1S/C20H24N4O3/c1-20(18(26)21-19(27)22-20)15-6-4-10-24(13-15)17(25)9-12-23-11-8-14-5-2-3-7-16(14)23/h2-3,5,7-8,11,15H,4,6,9-10,12-13H2,1H3,(H2,21,22,26,27)/t15-,20-/m1/s1. The first-order valence-electron chi connectivity index (χ1n) is 9.42. The summed E-state index contributed by atoms with van der Waals surface area (Å²) in [7, 11) is 0. The van der Waals surface area contributed by atoms with E-state index in [2.05, 4.69) is 33.4 Å². The van der Waals surface area contributed by atoms with Crippen molar-refractivity contribution in [2.75, 3.05) is 13.1 Å². The maximum absolute atomic E-state index is 12.8. The molecule has 0 unspecified atom stereocenters. The van der Waals surface area contributed by atoms with Crippen LogP contribution in [-0.2, 0) is 16.1 Å². The number of hydrogen-bond donors (Lipinski definition) is 2. The summed E-state index contributed by atoms with van der Waals surface area (Å²) in [5, 5.41) is 6.22. The number of para-hydroxylation sites is 1. The Bertz CT molecular complexity index is 906. The minimum atomic E-state index is -0.938. The number of nitrogens with zero attached hydrogens (tertiary/aromatic N) is 2. The number of rotatable bonds is 4. The summed E-state index contributed by atoms with van der Waals surface area (Å²) in [6, 6.07) is 9.72. The van der Waals surface area contributed by atoms with Crippen molar-refractivity contribution in [1.29, 1.82) is 0 Å². The van der Waals surface area contributed by atoms with Crippen LogP contribution < -0.4 is 10.6 Å². The molecule has 7 nitrogen and oxygen atoms in total. The van der Waals surface area contributed by atoms with Crippen LogP contribution >= 0.6 is 0 Å². The summed E-state index contributed by atoms with van der Waals surface area (Å²) in [6.45, 7) is 3.57. The van der Waals surface area contributed by atoms with E-state index in [1.54, 1.807) is 6.92 Å². The first-order chi connectivity index (χ1) is 13.0. The number of fused-ring (bicyclic) bond motifs is 1. The zero-order valence-corrected chi connectivity index (χ0v) is 15.4. The minimum absolute atomic E-state index is 0.0749. The molecule has 2 aliphatic heterocycles. The largest absolute Gasteiger partial charge is 0.347 e. The zero-order chi connectivity index (χ0) is 19.0. The highest BCUT2D eigenvalue weighted by atomic mass is 16.2. The van der Waals surface area contributed by atoms with Crippen LogP contribution in [0.1, 0.15) is 26.2 Å². The molecule has 1 aromatic carbocycles. The first-order valence-corrected chi connectivity index (χ1v) is 9.42. The Labute approximate surface area is 157 Å². The molecular weight excluding hydrogens is 344 g/mol. The second kappa shape index (κ2) is 6.72. The number of carbonyl (C=O) groups is 3. The average molecular weight is 368 g/mol. The number of likely N-dealkylation sites (tertiary alicyclic amines) is 1. The average Bonchev–Trinajstić information content (AvgIpc) is 3.20. The van der Waals surface area contributed by atoms with E-state index < -0.39 is 11.6 Å². The predicted octanol–water partition coefficient (Wildman–Crippen LogP) is 1.87. The molecule has 2 fully saturated rings. The number of imide groups is 1. The number of aryl methyl sites for hydroxylation is 1. The fourth-order valence-electron chi connectivity index (χ4n) is 4.23. The van der Waals surface area contributed by atoms with Crippen molar-refractivity contribution in [2.45, 2.75) is 38.3 Å². The molecule has 7 heteroatoms. The number of aromatic nitrogens is 1. The summed E-state index contributed by atoms with van der Waals surface area (Å²) < 4.78 is 2.10. The lowest BCUT2D eigenvalue weighted by atomic mass is 9.80. The number of piperidine rings is 1. The minimum Gasteiger partial charge on any atom is -0.347 e. The van der Waals surface area contributed by atoms with Gasteiger partial charge in [0.2, 0.25) is 5.91 Å². The molecule has 2 atom stereocenters. The Morgan fingerprint density at radius 3 is 2.85 bits per heavy atom. The number of carbonyl (C=O) groups excluding carboxylic acids is 3. The fourth-order valence-corrected chi connectivity index (χ4v) is 4.23. The van der Waals surface area contributed by atoms with Gasteiger partial charge in [0.15, 0.2) is 0 Å². The first kappa shape index (κ1) is 17.6. The van der Waals surface area contributed by atoms with Crippen LogP contribution in [0.25, 0.3) is 10.9 Å². The van der Waals surface area contributed by atoms with Crippen LogP contribution in [0.2, 0.25) is 0 Å². The highest BCUT2D eigenvalue weighted by Gasteiger charge is 2.49. The van der Waals surface area contributed by atoms with Crippen LogP contribution in [0.4, 0.5) is 4.79 Å². The molecule has 0 aliphatic carbocycles.